The predicted octanol–water partition coefficient (Wildman–Crippen LogP) is 2.58. The first-order valence-electron chi connectivity index (χ1n) is 5.53. The average Bonchev–Trinajstić information content (AvgIpc) is 2.83. The van der Waals surface area contributed by atoms with Crippen LogP contribution in [0.5, 0.6) is 0 Å². The molecule has 1 aromatic carbocycles. The molecule has 17 heavy (non-hydrogen) atoms. The Labute approximate surface area is 105 Å². The van der Waals surface area contributed by atoms with Crippen LogP contribution in [0, 0.1) is 0 Å². The quantitative estimate of drug-likeness (QED) is 0.853. The number of nitrogens with zero attached hydrogens (tertiary/aromatic N) is 1. The highest BCUT2D eigenvalue weighted by Crippen LogP contribution is 2.07. The van der Waals surface area contributed by atoms with Gasteiger partial charge in [0.25, 0.3) is 0 Å². The van der Waals surface area contributed by atoms with Gasteiger partial charge in [-0.1, -0.05) is 24.3 Å². The van der Waals surface area contributed by atoms with Crippen LogP contribution < -0.4 is 5.32 Å². The summed E-state index contributed by atoms with van der Waals surface area (Å²) in [5, 5.41) is 5.44. The lowest BCUT2D eigenvalue weighted by atomic mass is 10.1. The van der Waals surface area contributed by atoms with Crippen molar-refractivity contribution in [2.24, 2.45) is 0 Å². The molecule has 0 spiro atoms. The van der Waals surface area contributed by atoms with Crippen LogP contribution in [0.25, 0.3) is 0 Å². The highest BCUT2D eigenvalue weighted by atomic mass is 32.1. The van der Waals surface area contributed by atoms with Gasteiger partial charge in [-0.15, -0.1) is 11.3 Å². The number of rotatable bonds is 6. The third-order valence-corrected chi connectivity index (χ3v) is 3.06. The Kier molecular flexibility index (Phi) is 4.67. The summed E-state index contributed by atoms with van der Waals surface area (Å²) in [5.41, 5.74) is 5.44. The minimum Gasteiger partial charge on any atom is -0.380 e. The van der Waals surface area contributed by atoms with E-state index in [9.17, 15) is 0 Å². The van der Waals surface area contributed by atoms with Crippen molar-refractivity contribution in [2.45, 2.75) is 19.7 Å². The van der Waals surface area contributed by atoms with Crippen LogP contribution in [0.1, 0.15) is 16.8 Å². The summed E-state index contributed by atoms with van der Waals surface area (Å²) in [4.78, 5) is 4.23. The van der Waals surface area contributed by atoms with Crippen LogP contribution in [-0.2, 0) is 24.4 Å². The van der Waals surface area contributed by atoms with E-state index in [2.05, 4.69) is 39.9 Å². The van der Waals surface area contributed by atoms with Gasteiger partial charge in [-0.05, 0) is 11.1 Å². The standard InChI is InChI=1S/C13H16N2OS/c1-16-8-12-4-2-3-11(5-12)6-14-7-13-9-17-10-15-13/h2-5,9-10,14H,6-8H2,1H3. The van der Waals surface area contributed by atoms with Crippen LogP contribution in [0.4, 0.5) is 0 Å². The highest BCUT2D eigenvalue weighted by molar-refractivity contribution is 7.07. The van der Waals surface area contributed by atoms with Crippen molar-refractivity contribution in [2.75, 3.05) is 7.11 Å². The number of nitrogens with one attached hydrogen (secondary N) is 1. The number of methoxy groups -OCH3 is 1. The summed E-state index contributed by atoms with van der Waals surface area (Å²) in [5.74, 6) is 0. The van der Waals surface area contributed by atoms with E-state index in [1.165, 1.54) is 11.1 Å². The smallest absolute Gasteiger partial charge is 0.0795 e. The molecule has 0 radical (unpaired) electrons. The molecule has 4 heteroatoms. The van der Waals surface area contributed by atoms with E-state index in [0.717, 1.165) is 18.8 Å². The molecule has 0 unspecified atom stereocenters. The maximum Gasteiger partial charge on any atom is 0.0795 e. The lowest BCUT2D eigenvalue weighted by Gasteiger charge is -2.05. The summed E-state index contributed by atoms with van der Waals surface area (Å²) < 4.78 is 5.12. The molecule has 1 heterocycles. The molecule has 0 saturated heterocycles. The van der Waals surface area contributed by atoms with E-state index in [-0.39, 0.29) is 0 Å². The van der Waals surface area contributed by atoms with Crippen LogP contribution >= 0.6 is 11.3 Å². The Morgan fingerprint density at radius 1 is 1.29 bits per heavy atom. The van der Waals surface area contributed by atoms with Crippen molar-refractivity contribution in [3.8, 4) is 0 Å². The van der Waals surface area contributed by atoms with Gasteiger partial charge in [0.15, 0.2) is 0 Å². The molecule has 0 aliphatic carbocycles. The van der Waals surface area contributed by atoms with Crippen LogP contribution in [-0.4, -0.2) is 12.1 Å². The molecule has 1 N–H and O–H groups in total. The molecule has 1 aromatic heterocycles. The molecule has 2 aromatic rings. The molecular formula is C13H16N2OS. The third-order valence-electron chi connectivity index (χ3n) is 2.42. The van der Waals surface area contributed by atoms with Crippen molar-refractivity contribution in [1.29, 1.82) is 0 Å². The molecule has 3 nitrogen and oxygen atoms in total. The second kappa shape index (κ2) is 6.49. The van der Waals surface area contributed by atoms with Gasteiger partial charge in [0.05, 0.1) is 17.8 Å². The summed E-state index contributed by atoms with van der Waals surface area (Å²) in [6.07, 6.45) is 0. The van der Waals surface area contributed by atoms with Crippen molar-refractivity contribution < 1.29 is 4.74 Å². The van der Waals surface area contributed by atoms with E-state index in [1.54, 1.807) is 18.4 Å². The lowest BCUT2D eigenvalue weighted by Crippen LogP contribution is -2.12. The zero-order chi connectivity index (χ0) is 11.9. The molecule has 2 rings (SSSR count). The SMILES string of the molecule is COCc1cccc(CNCc2cscn2)c1. The molecule has 0 bridgehead atoms. The first kappa shape index (κ1) is 12.2. The lowest BCUT2D eigenvalue weighted by molar-refractivity contribution is 0.185. The van der Waals surface area contributed by atoms with E-state index in [1.807, 2.05) is 5.51 Å². The number of hydrogen-bond donors (Lipinski definition) is 1. The van der Waals surface area contributed by atoms with Gasteiger partial charge in [0.2, 0.25) is 0 Å². The van der Waals surface area contributed by atoms with Gasteiger partial charge in [-0.2, -0.15) is 0 Å². The molecule has 0 fully saturated rings. The van der Waals surface area contributed by atoms with Crippen molar-refractivity contribution in [1.82, 2.24) is 10.3 Å². The predicted molar refractivity (Wildman–Crippen MR) is 69.8 cm³/mol. The Morgan fingerprint density at radius 3 is 2.94 bits per heavy atom. The molecule has 0 aliphatic heterocycles. The van der Waals surface area contributed by atoms with Crippen LogP contribution in [0.15, 0.2) is 35.2 Å². The zero-order valence-electron chi connectivity index (χ0n) is 9.85. The average molecular weight is 248 g/mol. The fraction of sp³-hybridized carbons (Fsp3) is 0.308. The first-order valence-corrected chi connectivity index (χ1v) is 6.47. The van der Waals surface area contributed by atoms with Gasteiger partial charge < -0.3 is 10.1 Å². The maximum absolute atomic E-state index is 5.12. The Bertz CT molecular complexity index is 442. The summed E-state index contributed by atoms with van der Waals surface area (Å²) in [6.45, 7) is 2.34. The summed E-state index contributed by atoms with van der Waals surface area (Å²) in [6, 6.07) is 8.42. The highest BCUT2D eigenvalue weighted by Gasteiger charge is 1.97. The molecule has 0 aliphatic rings. The number of ether oxygens (including phenoxy) is 1. The van der Waals surface area contributed by atoms with Gasteiger partial charge in [0.1, 0.15) is 0 Å². The fourth-order valence-corrected chi connectivity index (χ4v) is 2.21. The molecular weight excluding hydrogens is 232 g/mol. The molecule has 0 amide bonds. The molecule has 0 saturated carbocycles. The number of benzene rings is 1. The van der Waals surface area contributed by atoms with Crippen molar-refractivity contribution in [3.05, 3.63) is 52.0 Å². The van der Waals surface area contributed by atoms with E-state index >= 15 is 0 Å². The van der Waals surface area contributed by atoms with Gasteiger partial charge in [-0.25, -0.2) is 4.98 Å². The summed E-state index contributed by atoms with van der Waals surface area (Å²) >= 11 is 1.63. The minimum atomic E-state index is 0.667. The van der Waals surface area contributed by atoms with Crippen molar-refractivity contribution >= 4 is 11.3 Å². The first-order chi connectivity index (χ1) is 8.38. The van der Waals surface area contributed by atoms with Gasteiger partial charge in [0, 0.05) is 25.6 Å². The number of thiazole rings is 1. The second-order valence-electron chi connectivity index (χ2n) is 3.84. The largest absolute Gasteiger partial charge is 0.380 e. The van der Waals surface area contributed by atoms with Crippen LogP contribution in [0.2, 0.25) is 0 Å². The molecule has 90 valence electrons. The molecule has 0 atom stereocenters. The third kappa shape index (κ3) is 3.93. The number of aromatic nitrogens is 1. The fourth-order valence-electron chi connectivity index (χ4n) is 1.66. The number of hydrogen-bond acceptors (Lipinski definition) is 4. The topological polar surface area (TPSA) is 34.1 Å². The van der Waals surface area contributed by atoms with Crippen LogP contribution in [0.3, 0.4) is 0 Å². The van der Waals surface area contributed by atoms with E-state index in [0.29, 0.717) is 6.61 Å². The summed E-state index contributed by atoms with van der Waals surface area (Å²) in [7, 11) is 1.72. The van der Waals surface area contributed by atoms with E-state index in [4.69, 9.17) is 4.74 Å². The van der Waals surface area contributed by atoms with E-state index < -0.39 is 0 Å². The van der Waals surface area contributed by atoms with Crippen molar-refractivity contribution in [3.63, 3.8) is 0 Å². The minimum absolute atomic E-state index is 0.667. The monoisotopic (exact) mass is 248 g/mol. The second-order valence-corrected chi connectivity index (χ2v) is 4.55. The van der Waals surface area contributed by atoms with Gasteiger partial charge in [-0.3, -0.25) is 0 Å². The normalized spacial score (nSPS) is 10.6. The zero-order valence-corrected chi connectivity index (χ0v) is 10.7. The van der Waals surface area contributed by atoms with Gasteiger partial charge >= 0.3 is 0 Å². The maximum atomic E-state index is 5.12. The Hall–Kier alpha value is -1.23. The Balaban J connectivity index is 1.84. The Morgan fingerprint density at radius 2 is 2.18 bits per heavy atom.